The van der Waals surface area contributed by atoms with Gasteiger partial charge >= 0.3 is 52.4 Å². The summed E-state index contributed by atoms with van der Waals surface area (Å²) in [4.78, 5) is 0. The minimum absolute atomic E-state index is 0. The van der Waals surface area contributed by atoms with Crippen molar-refractivity contribution >= 4 is 0 Å². The Labute approximate surface area is 149 Å². The van der Waals surface area contributed by atoms with Crippen LogP contribution in [0.15, 0.2) is 60.7 Å². The molecule has 0 N–H and O–H groups in total. The van der Waals surface area contributed by atoms with Crippen molar-refractivity contribution < 1.29 is 52.4 Å². The maximum atomic E-state index is 2.00. The molecular formula is C15H25Zr2. The van der Waals surface area contributed by atoms with Crippen molar-refractivity contribution in [3.8, 4) is 0 Å². The van der Waals surface area contributed by atoms with E-state index in [1.165, 1.54) is 0 Å². The first kappa shape index (κ1) is 43.2. The van der Waals surface area contributed by atoms with Crippen molar-refractivity contribution in [2.24, 2.45) is 0 Å². The van der Waals surface area contributed by atoms with Gasteiger partial charge in [-0.2, -0.15) is 36.4 Å². The maximum absolute atomic E-state index is 2.00. The molecule has 0 saturated carbocycles. The van der Waals surface area contributed by atoms with Gasteiger partial charge in [0, 0.05) is 0 Å². The summed E-state index contributed by atoms with van der Waals surface area (Å²) in [6.45, 7) is 0. The third-order valence-corrected chi connectivity index (χ3v) is 1.11. The standard InChI is InChI=1S/2C5H5.5CH3.2Zr/c2*1-2-4-5-3-1;;;;;;;/h2*1-5H;5*1H3;;/q7*-1;+3;+4. The topological polar surface area (TPSA) is 0 Å². The van der Waals surface area contributed by atoms with Crippen LogP contribution in [0.1, 0.15) is 0 Å². The molecule has 2 rings (SSSR count). The molecule has 0 aliphatic carbocycles. The average Bonchev–Trinajstić information content (AvgIpc) is 2.67. The van der Waals surface area contributed by atoms with E-state index < -0.39 is 0 Å². The zero-order chi connectivity index (χ0) is 7.07. The van der Waals surface area contributed by atoms with Gasteiger partial charge < -0.3 is 37.1 Å². The van der Waals surface area contributed by atoms with E-state index in [0.717, 1.165) is 0 Å². The van der Waals surface area contributed by atoms with E-state index in [2.05, 4.69) is 0 Å². The van der Waals surface area contributed by atoms with Gasteiger partial charge in [-0.3, -0.25) is 0 Å². The van der Waals surface area contributed by atoms with Crippen molar-refractivity contribution in [1.82, 2.24) is 0 Å². The number of hydrogen-bond donors (Lipinski definition) is 0. The van der Waals surface area contributed by atoms with E-state index in [1.54, 1.807) is 0 Å². The Bertz CT molecular complexity index is 148. The average molecular weight is 388 g/mol. The molecule has 0 aliphatic rings. The zero-order valence-corrected chi connectivity index (χ0v) is 16.7. The van der Waals surface area contributed by atoms with E-state index in [4.69, 9.17) is 0 Å². The van der Waals surface area contributed by atoms with Gasteiger partial charge in [-0.25, -0.2) is 24.3 Å². The van der Waals surface area contributed by atoms with E-state index in [0.29, 0.717) is 0 Å². The third-order valence-electron chi connectivity index (χ3n) is 1.11. The second kappa shape index (κ2) is 36.0. The smallest absolute Gasteiger partial charge is 0.358 e. The van der Waals surface area contributed by atoms with E-state index >= 15 is 0 Å². The zero-order valence-electron chi connectivity index (χ0n) is 11.8. The molecule has 0 aliphatic heterocycles. The molecule has 0 aromatic heterocycles. The summed E-state index contributed by atoms with van der Waals surface area (Å²) >= 11 is 0. The summed E-state index contributed by atoms with van der Waals surface area (Å²) in [5.41, 5.74) is 0. The normalized spacial score (nSPS) is 4.71. The van der Waals surface area contributed by atoms with Crippen LogP contribution in [-0.4, -0.2) is 0 Å². The predicted molar refractivity (Wildman–Crippen MR) is 76.1 cm³/mol. The van der Waals surface area contributed by atoms with Gasteiger partial charge in [-0.05, 0) is 0 Å². The Morgan fingerprint density at radius 2 is 0.647 bits per heavy atom. The fourth-order valence-electron chi connectivity index (χ4n) is 0.642. The van der Waals surface area contributed by atoms with Crippen LogP contribution in [0, 0.1) is 37.1 Å². The minimum Gasteiger partial charge on any atom is -0.358 e. The second-order valence-electron chi connectivity index (χ2n) is 1.92. The molecule has 0 spiro atoms. The monoisotopic (exact) mass is 385 g/mol. The largest absolute Gasteiger partial charge is 4.00 e. The van der Waals surface area contributed by atoms with Gasteiger partial charge in [0.15, 0.2) is 0 Å². The van der Waals surface area contributed by atoms with E-state index in [9.17, 15) is 0 Å². The Balaban J connectivity index is -0.0000000167. The number of hydrogen-bond acceptors (Lipinski definition) is 0. The van der Waals surface area contributed by atoms with Crippen molar-refractivity contribution in [3.05, 3.63) is 97.8 Å². The summed E-state index contributed by atoms with van der Waals surface area (Å²) < 4.78 is 0. The van der Waals surface area contributed by atoms with Crippen LogP contribution in [0.25, 0.3) is 0 Å². The molecular weight excluding hydrogens is 363 g/mol. The van der Waals surface area contributed by atoms with Gasteiger partial charge in [0.05, 0.1) is 0 Å². The van der Waals surface area contributed by atoms with Crippen LogP contribution in [-0.2, 0) is 52.4 Å². The molecule has 2 aromatic rings. The Morgan fingerprint density at radius 1 is 0.471 bits per heavy atom. The van der Waals surface area contributed by atoms with Crippen LogP contribution in [0.4, 0.5) is 0 Å². The Hall–Kier alpha value is 0.466. The van der Waals surface area contributed by atoms with Crippen LogP contribution in [0.2, 0.25) is 0 Å². The molecule has 0 atom stereocenters. The van der Waals surface area contributed by atoms with Crippen molar-refractivity contribution in [3.63, 3.8) is 0 Å². The molecule has 1 radical (unpaired) electrons. The van der Waals surface area contributed by atoms with Gasteiger partial charge in [-0.1, -0.05) is 0 Å². The first-order chi connectivity index (χ1) is 5.00. The summed E-state index contributed by atoms with van der Waals surface area (Å²) in [6, 6.07) is 20.0. The molecule has 0 saturated heterocycles. The Morgan fingerprint density at radius 3 is 0.706 bits per heavy atom. The fourth-order valence-corrected chi connectivity index (χ4v) is 0.642. The van der Waals surface area contributed by atoms with Crippen LogP contribution in [0.5, 0.6) is 0 Å². The van der Waals surface area contributed by atoms with Crippen LogP contribution in [0.3, 0.4) is 0 Å². The van der Waals surface area contributed by atoms with Gasteiger partial charge in [0.1, 0.15) is 0 Å². The molecule has 0 fully saturated rings. The first-order valence-corrected chi connectivity index (χ1v) is 3.33. The SMILES string of the molecule is [CH3-].[CH3-].[CH3-].[CH3-].[CH3-].[Zr+3].[Zr+4].c1cc[cH-]c1.c1cc[cH-]c1. The maximum Gasteiger partial charge on any atom is 4.00 e. The van der Waals surface area contributed by atoms with Crippen molar-refractivity contribution in [2.75, 3.05) is 0 Å². The minimum atomic E-state index is 0. The molecule has 93 valence electrons. The van der Waals surface area contributed by atoms with Crippen LogP contribution >= 0.6 is 0 Å². The van der Waals surface area contributed by atoms with Crippen molar-refractivity contribution in [2.45, 2.75) is 0 Å². The molecule has 0 amide bonds. The second-order valence-corrected chi connectivity index (χ2v) is 1.92. The molecule has 0 heterocycles. The summed E-state index contributed by atoms with van der Waals surface area (Å²) in [7, 11) is 0. The molecule has 0 nitrogen and oxygen atoms in total. The van der Waals surface area contributed by atoms with E-state index in [1.807, 2.05) is 60.7 Å². The van der Waals surface area contributed by atoms with Crippen molar-refractivity contribution in [1.29, 1.82) is 0 Å². The molecule has 2 aromatic carbocycles. The summed E-state index contributed by atoms with van der Waals surface area (Å²) in [6.07, 6.45) is 0. The van der Waals surface area contributed by atoms with Crippen LogP contribution < -0.4 is 0 Å². The summed E-state index contributed by atoms with van der Waals surface area (Å²) in [5.74, 6) is 0. The molecule has 0 bridgehead atoms. The van der Waals surface area contributed by atoms with Gasteiger partial charge in [0.2, 0.25) is 0 Å². The molecule has 17 heavy (non-hydrogen) atoms. The van der Waals surface area contributed by atoms with Gasteiger partial charge in [0.25, 0.3) is 0 Å². The predicted octanol–water partition coefficient (Wildman–Crippen LogP) is 5.06. The third kappa shape index (κ3) is 31.5. The number of rotatable bonds is 0. The quantitative estimate of drug-likeness (QED) is 0.554. The molecule has 0 unspecified atom stereocenters. The van der Waals surface area contributed by atoms with E-state index in [-0.39, 0.29) is 89.5 Å². The first-order valence-electron chi connectivity index (χ1n) is 3.33. The molecule has 2 heteroatoms. The Kier molecular flexibility index (Phi) is 91.4. The fraction of sp³-hybridized carbons (Fsp3) is 0. The van der Waals surface area contributed by atoms with Gasteiger partial charge in [-0.15, -0.1) is 0 Å². The summed E-state index contributed by atoms with van der Waals surface area (Å²) in [5, 5.41) is 0.